The SMILES string of the molecule is CC(=O)O.CC(C)CCCN. The Hall–Kier alpha value is -0.570. The van der Waals surface area contributed by atoms with Crippen LogP contribution < -0.4 is 5.73 Å². The molecule has 0 unspecified atom stereocenters. The molecule has 0 aromatic heterocycles. The van der Waals surface area contributed by atoms with Crippen molar-refractivity contribution in [2.24, 2.45) is 11.7 Å². The molecule has 0 aliphatic carbocycles. The van der Waals surface area contributed by atoms with Crippen LogP contribution in [-0.2, 0) is 4.79 Å². The average molecular weight is 161 g/mol. The summed E-state index contributed by atoms with van der Waals surface area (Å²) >= 11 is 0. The highest BCUT2D eigenvalue weighted by molar-refractivity contribution is 5.62. The van der Waals surface area contributed by atoms with Gasteiger partial charge >= 0.3 is 0 Å². The smallest absolute Gasteiger partial charge is 0.300 e. The summed E-state index contributed by atoms with van der Waals surface area (Å²) in [6.07, 6.45) is 2.45. The minimum absolute atomic E-state index is 0.823. The molecule has 0 aliphatic heterocycles. The molecule has 0 bridgehead atoms. The van der Waals surface area contributed by atoms with Crippen LogP contribution in [0.3, 0.4) is 0 Å². The Bertz CT molecular complexity index is 88.1. The van der Waals surface area contributed by atoms with Crippen LogP contribution in [-0.4, -0.2) is 17.6 Å². The molecule has 0 atom stereocenters. The third-order valence-corrected chi connectivity index (χ3v) is 0.986. The molecule has 0 aromatic rings. The molecule has 0 heterocycles. The van der Waals surface area contributed by atoms with Crippen molar-refractivity contribution in [1.29, 1.82) is 0 Å². The number of aliphatic carboxylic acids is 1. The molecule has 0 amide bonds. The topological polar surface area (TPSA) is 63.3 Å². The summed E-state index contributed by atoms with van der Waals surface area (Å²) in [6, 6.07) is 0. The standard InChI is InChI=1S/C6H15N.C2H4O2/c1-6(2)4-3-5-7;1-2(3)4/h6H,3-5,7H2,1-2H3;1H3,(H,3,4). The Morgan fingerprint density at radius 1 is 1.55 bits per heavy atom. The van der Waals surface area contributed by atoms with Crippen LogP contribution in [0.5, 0.6) is 0 Å². The highest BCUT2D eigenvalue weighted by Crippen LogP contribution is 2.00. The van der Waals surface area contributed by atoms with Gasteiger partial charge in [0.05, 0.1) is 0 Å². The molecular weight excluding hydrogens is 142 g/mol. The lowest BCUT2D eigenvalue weighted by Crippen LogP contribution is -1.99. The van der Waals surface area contributed by atoms with Gasteiger partial charge in [-0.15, -0.1) is 0 Å². The molecule has 0 saturated carbocycles. The predicted octanol–water partition coefficient (Wildman–Crippen LogP) is 1.47. The fourth-order valence-electron chi connectivity index (χ4n) is 0.526. The van der Waals surface area contributed by atoms with Gasteiger partial charge in [-0.25, -0.2) is 0 Å². The number of carbonyl (C=O) groups is 1. The molecule has 3 nitrogen and oxygen atoms in total. The number of nitrogens with two attached hydrogens (primary N) is 1. The Morgan fingerprint density at radius 2 is 1.91 bits per heavy atom. The van der Waals surface area contributed by atoms with E-state index < -0.39 is 5.97 Å². The van der Waals surface area contributed by atoms with E-state index in [1.165, 1.54) is 12.8 Å². The lowest BCUT2D eigenvalue weighted by molar-refractivity contribution is -0.134. The molecule has 0 saturated heterocycles. The van der Waals surface area contributed by atoms with Gasteiger partial charge < -0.3 is 10.8 Å². The van der Waals surface area contributed by atoms with E-state index >= 15 is 0 Å². The number of rotatable bonds is 3. The van der Waals surface area contributed by atoms with Gasteiger partial charge in [0, 0.05) is 6.92 Å². The first kappa shape index (κ1) is 13.1. The maximum Gasteiger partial charge on any atom is 0.300 e. The van der Waals surface area contributed by atoms with Crippen LogP contribution in [0.15, 0.2) is 0 Å². The Balaban J connectivity index is 0. The molecule has 0 aromatic carbocycles. The van der Waals surface area contributed by atoms with Gasteiger partial charge in [0.2, 0.25) is 0 Å². The summed E-state index contributed by atoms with van der Waals surface area (Å²) in [5.41, 5.74) is 5.28. The number of hydrogen-bond donors (Lipinski definition) is 2. The van der Waals surface area contributed by atoms with Crippen LogP contribution in [0.4, 0.5) is 0 Å². The van der Waals surface area contributed by atoms with Crippen molar-refractivity contribution in [3.05, 3.63) is 0 Å². The first-order chi connectivity index (χ1) is 5.00. The monoisotopic (exact) mass is 161 g/mol. The normalized spacial score (nSPS) is 8.82. The maximum atomic E-state index is 9.00. The first-order valence-electron chi connectivity index (χ1n) is 3.90. The second kappa shape index (κ2) is 9.43. The third kappa shape index (κ3) is 44.2. The van der Waals surface area contributed by atoms with Crippen LogP contribution in [0.1, 0.15) is 33.6 Å². The highest BCUT2D eigenvalue weighted by atomic mass is 16.4. The second-order valence-corrected chi connectivity index (χ2v) is 2.84. The predicted molar refractivity (Wildman–Crippen MR) is 46.4 cm³/mol. The average Bonchev–Trinajstić information content (AvgIpc) is 1.82. The summed E-state index contributed by atoms with van der Waals surface area (Å²) in [6.45, 7) is 6.36. The van der Waals surface area contributed by atoms with E-state index in [4.69, 9.17) is 15.6 Å². The summed E-state index contributed by atoms with van der Waals surface area (Å²) < 4.78 is 0. The van der Waals surface area contributed by atoms with Crippen molar-refractivity contribution in [2.75, 3.05) is 6.54 Å². The van der Waals surface area contributed by atoms with Gasteiger partial charge in [-0.05, 0) is 25.3 Å². The second-order valence-electron chi connectivity index (χ2n) is 2.84. The first-order valence-corrected chi connectivity index (χ1v) is 3.90. The summed E-state index contributed by atoms with van der Waals surface area (Å²) in [5.74, 6) is -0.0106. The van der Waals surface area contributed by atoms with Gasteiger partial charge in [-0.2, -0.15) is 0 Å². The zero-order valence-corrected chi connectivity index (χ0v) is 7.63. The zero-order valence-electron chi connectivity index (χ0n) is 7.63. The van der Waals surface area contributed by atoms with Gasteiger partial charge in [0.1, 0.15) is 0 Å². The molecule has 0 rings (SSSR count). The van der Waals surface area contributed by atoms with E-state index in [1.54, 1.807) is 0 Å². The fourth-order valence-corrected chi connectivity index (χ4v) is 0.526. The Kier molecular flexibility index (Phi) is 11.2. The summed E-state index contributed by atoms with van der Waals surface area (Å²) in [4.78, 5) is 9.00. The Morgan fingerprint density at radius 3 is 2.00 bits per heavy atom. The largest absolute Gasteiger partial charge is 0.481 e. The van der Waals surface area contributed by atoms with Gasteiger partial charge in [0.15, 0.2) is 0 Å². The van der Waals surface area contributed by atoms with Crippen molar-refractivity contribution < 1.29 is 9.90 Å². The molecule has 0 aliphatic rings. The molecular formula is C8H19NO2. The summed E-state index contributed by atoms with van der Waals surface area (Å²) in [7, 11) is 0. The lowest BCUT2D eigenvalue weighted by atomic mass is 10.1. The maximum absolute atomic E-state index is 9.00. The summed E-state index contributed by atoms with van der Waals surface area (Å²) in [5, 5.41) is 7.42. The third-order valence-electron chi connectivity index (χ3n) is 0.986. The Labute approximate surface area is 68.6 Å². The van der Waals surface area contributed by atoms with E-state index in [1.807, 2.05) is 0 Å². The van der Waals surface area contributed by atoms with Gasteiger partial charge in [-0.1, -0.05) is 13.8 Å². The van der Waals surface area contributed by atoms with Crippen molar-refractivity contribution in [2.45, 2.75) is 33.6 Å². The van der Waals surface area contributed by atoms with Gasteiger partial charge in [0.25, 0.3) is 5.97 Å². The minimum atomic E-state index is -0.833. The van der Waals surface area contributed by atoms with Crippen molar-refractivity contribution in [3.8, 4) is 0 Å². The van der Waals surface area contributed by atoms with E-state index in [0.717, 1.165) is 19.4 Å². The van der Waals surface area contributed by atoms with E-state index in [2.05, 4.69) is 13.8 Å². The molecule has 0 fully saturated rings. The van der Waals surface area contributed by atoms with Crippen molar-refractivity contribution in [1.82, 2.24) is 0 Å². The molecule has 3 heteroatoms. The van der Waals surface area contributed by atoms with Gasteiger partial charge in [-0.3, -0.25) is 4.79 Å². The van der Waals surface area contributed by atoms with E-state index in [0.29, 0.717) is 0 Å². The van der Waals surface area contributed by atoms with Crippen molar-refractivity contribution >= 4 is 5.97 Å². The highest BCUT2D eigenvalue weighted by Gasteiger charge is 1.88. The zero-order chi connectivity index (χ0) is 9.28. The number of carboxylic acids is 1. The molecule has 0 spiro atoms. The molecule has 0 radical (unpaired) electrons. The molecule has 3 N–H and O–H groups in total. The van der Waals surface area contributed by atoms with Crippen LogP contribution in [0.2, 0.25) is 0 Å². The number of carboxylic acid groups (broad SMARTS) is 1. The van der Waals surface area contributed by atoms with Crippen LogP contribution in [0, 0.1) is 5.92 Å². The fraction of sp³-hybridized carbons (Fsp3) is 0.875. The van der Waals surface area contributed by atoms with Crippen molar-refractivity contribution in [3.63, 3.8) is 0 Å². The van der Waals surface area contributed by atoms with E-state index in [-0.39, 0.29) is 0 Å². The minimum Gasteiger partial charge on any atom is -0.481 e. The van der Waals surface area contributed by atoms with Crippen LogP contribution >= 0.6 is 0 Å². The molecule has 11 heavy (non-hydrogen) atoms. The molecule has 68 valence electrons. The quantitative estimate of drug-likeness (QED) is 0.659. The van der Waals surface area contributed by atoms with Crippen LogP contribution in [0.25, 0.3) is 0 Å². The lowest BCUT2D eigenvalue weighted by Gasteiger charge is -1.98. The number of hydrogen-bond acceptors (Lipinski definition) is 2. The van der Waals surface area contributed by atoms with E-state index in [9.17, 15) is 0 Å².